The second kappa shape index (κ2) is 5.21. The predicted octanol–water partition coefficient (Wildman–Crippen LogP) is 2.42. The zero-order valence-corrected chi connectivity index (χ0v) is 13.3. The highest BCUT2D eigenvalue weighted by Crippen LogP contribution is 2.38. The zero-order valence-electron chi connectivity index (χ0n) is 12.5. The summed E-state index contributed by atoms with van der Waals surface area (Å²) in [6, 6.07) is 11.7. The average Bonchev–Trinajstić information content (AvgIpc) is 2.83. The fourth-order valence-corrected chi connectivity index (χ4v) is 4.51. The highest BCUT2D eigenvalue weighted by Gasteiger charge is 2.36. The summed E-state index contributed by atoms with van der Waals surface area (Å²) >= 11 is 0. The van der Waals surface area contributed by atoms with Gasteiger partial charge in [-0.3, -0.25) is 4.31 Å². The van der Waals surface area contributed by atoms with Crippen LogP contribution in [0.3, 0.4) is 0 Å². The topological polar surface area (TPSA) is 72.6 Å². The number of hydrogen-bond acceptors (Lipinski definition) is 4. The molecule has 1 unspecified atom stereocenters. The van der Waals surface area contributed by atoms with E-state index in [9.17, 15) is 8.42 Å². The minimum atomic E-state index is -3.62. The second-order valence-electron chi connectivity index (χ2n) is 5.42. The van der Waals surface area contributed by atoms with E-state index in [1.807, 2.05) is 13.0 Å². The monoisotopic (exact) mass is 318 g/mol. The molecule has 0 saturated heterocycles. The van der Waals surface area contributed by atoms with E-state index < -0.39 is 10.0 Å². The van der Waals surface area contributed by atoms with Crippen LogP contribution in [0.2, 0.25) is 0 Å². The molecule has 6 heteroatoms. The van der Waals surface area contributed by atoms with E-state index in [1.165, 1.54) is 4.31 Å². The van der Waals surface area contributed by atoms with Gasteiger partial charge in [-0.25, -0.2) is 8.42 Å². The van der Waals surface area contributed by atoms with Crippen LogP contribution in [0.25, 0.3) is 0 Å². The lowest BCUT2D eigenvalue weighted by Gasteiger charge is -2.24. The molecule has 0 radical (unpaired) electrons. The lowest BCUT2D eigenvalue weighted by Crippen LogP contribution is -2.35. The van der Waals surface area contributed by atoms with E-state index in [0.717, 1.165) is 5.56 Å². The van der Waals surface area contributed by atoms with Crippen molar-refractivity contribution in [3.8, 4) is 5.75 Å². The number of rotatable bonds is 3. The van der Waals surface area contributed by atoms with E-state index in [-0.39, 0.29) is 10.9 Å². The van der Waals surface area contributed by atoms with Crippen molar-refractivity contribution >= 4 is 21.4 Å². The third-order valence-electron chi connectivity index (χ3n) is 3.88. The first-order valence-electron chi connectivity index (χ1n) is 7.00. The van der Waals surface area contributed by atoms with Crippen molar-refractivity contribution in [1.82, 2.24) is 0 Å². The van der Waals surface area contributed by atoms with Gasteiger partial charge in [0.25, 0.3) is 10.0 Å². The van der Waals surface area contributed by atoms with Crippen LogP contribution in [-0.2, 0) is 16.4 Å². The molecule has 0 saturated carbocycles. The molecule has 0 fully saturated rings. The van der Waals surface area contributed by atoms with Gasteiger partial charge in [0.15, 0.2) is 0 Å². The Morgan fingerprint density at radius 3 is 2.50 bits per heavy atom. The minimum absolute atomic E-state index is 0.135. The van der Waals surface area contributed by atoms with Crippen LogP contribution in [-0.4, -0.2) is 21.6 Å². The first-order chi connectivity index (χ1) is 10.4. The molecule has 1 aliphatic rings. The van der Waals surface area contributed by atoms with Crippen LogP contribution in [0, 0.1) is 0 Å². The number of nitrogen functional groups attached to an aromatic ring is 1. The van der Waals surface area contributed by atoms with Gasteiger partial charge < -0.3 is 10.5 Å². The van der Waals surface area contributed by atoms with Crippen LogP contribution in [0.4, 0.5) is 11.4 Å². The smallest absolute Gasteiger partial charge is 0.264 e. The van der Waals surface area contributed by atoms with Crippen LogP contribution in [0.1, 0.15) is 12.5 Å². The number of sulfonamides is 1. The summed E-state index contributed by atoms with van der Waals surface area (Å²) in [4.78, 5) is 0.246. The Balaban J connectivity index is 2.07. The van der Waals surface area contributed by atoms with E-state index >= 15 is 0 Å². The van der Waals surface area contributed by atoms with Gasteiger partial charge in [0, 0.05) is 11.7 Å². The molecular weight excluding hydrogens is 300 g/mol. The fourth-order valence-electron chi connectivity index (χ4n) is 2.82. The largest absolute Gasteiger partial charge is 0.497 e. The van der Waals surface area contributed by atoms with Crippen molar-refractivity contribution in [1.29, 1.82) is 0 Å². The molecule has 0 aromatic heterocycles. The molecule has 1 heterocycles. The minimum Gasteiger partial charge on any atom is -0.497 e. The Morgan fingerprint density at radius 2 is 1.86 bits per heavy atom. The Bertz CT molecular complexity index is 801. The maximum Gasteiger partial charge on any atom is 0.264 e. The van der Waals surface area contributed by atoms with Gasteiger partial charge in [-0.2, -0.15) is 0 Å². The summed E-state index contributed by atoms with van der Waals surface area (Å²) in [6.07, 6.45) is 0.686. The Kier molecular flexibility index (Phi) is 3.48. The third kappa shape index (κ3) is 2.29. The summed E-state index contributed by atoms with van der Waals surface area (Å²) < 4.78 is 32.5. The number of nitrogens with two attached hydrogens (primary N) is 1. The van der Waals surface area contributed by atoms with Crippen molar-refractivity contribution in [2.24, 2.45) is 0 Å². The third-order valence-corrected chi connectivity index (χ3v) is 5.82. The van der Waals surface area contributed by atoms with Crippen LogP contribution < -0.4 is 14.8 Å². The second-order valence-corrected chi connectivity index (χ2v) is 7.23. The molecule has 22 heavy (non-hydrogen) atoms. The maximum absolute atomic E-state index is 13.0. The fraction of sp³-hybridized carbons (Fsp3) is 0.250. The summed E-state index contributed by atoms with van der Waals surface area (Å²) in [5, 5.41) is 0. The Hall–Kier alpha value is -2.21. The van der Waals surface area contributed by atoms with E-state index in [4.69, 9.17) is 10.5 Å². The van der Waals surface area contributed by atoms with Crippen molar-refractivity contribution in [3.63, 3.8) is 0 Å². The van der Waals surface area contributed by atoms with Gasteiger partial charge in [-0.1, -0.05) is 6.07 Å². The maximum atomic E-state index is 13.0. The Labute approximate surface area is 130 Å². The van der Waals surface area contributed by atoms with Gasteiger partial charge in [0.1, 0.15) is 5.75 Å². The van der Waals surface area contributed by atoms with Crippen LogP contribution >= 0.6 is 0 Å². The van der Waals surface area contributed by atoms with E-state index in [2.05, 4.69) is 0 Å². The van der Waals surface area contributed by atoms with Crippen LogP contribution in [0.5, 0.6) is 5.75 Å². The van der Waals surface area contributed by atoms with E-state index in [0.29, 0.717) is 23.5 Å². The average molecular weight is 318 g/mol. The number of ether oxygens (including phenoxy) is 1. The highest BCUT2D eigenvalue weighted by atomic mass is 32.2. The molecule has 2 N–H and O–H groups in total. The number of anilines is 2. The van der Waals surface area contributed by atoms with Crippen molar-refractivity contribution in [3.05, 3.63) is 48.0 Å². The summed E-state index contributed by atoms with van der Waals surface area (Å²) in [7, 11) is -2.07. The molecule has 0 bridgehead atoms. The molecule has 3 rings (SSSR count). The number of nitrogens with zero attached hydrogens (tertiary/aromatic N) is 1. The van der Waals surface area contributed by atoms with Crippen molar-refractivity contribution in [2.75, 3.05) is 17.1 Å². The molecule has 1 aliphatic heterocycles. The normalized spacial score (nSPS) is 17.4. The number of fused-ring (bicyclic) bond motifs is 1. The predicted molar refractivity (Wildman–Crippen MR) is 86.7 cm³/mol. The van der Waals surface area contributed by atoms with Gasteiger partial charge in [0.2, 0.25) is 0 Å². The first-order valence-corrected chi connectivity index (χ1v) is 8.44. The molecule has 116 valence electrons. The molecule has 0 aliphatic carbocycles. The first kappa shape index (κ1) is 14.7. The van der Waals surface area contributed by atoms with E-state index in [1.54, 1.807) is 43.5 Å². The molecular formula is C16H18N2O3S. The van der Waals surface area contributed by atoms with Crippen LogP contribution in [0.15, 0.2) is 47.4 Å². The summed E-state index contributed by atoms with van der Waals surface area (Å²) in [6.45, 7) is 1.90. The molecule has 1 atom stereocenters. The molecule has 0 spiro atoms. The van der Waals surface area contributed by atoms with Crippen molar-refractivity contribution < 1.29 is 13.2 Å². The molecule has 2 aromatic carbocycles. The standard InChI is InChI=1S/C16H18N2O3S/c1-11-9-12-3-4-13(17)10-16(12)18(11)22(19,20)15-7-5-14(21-2)6-8-15/h3-8,10-11H,9,17H2,1-2H3. The molecule has 2 aromatic rings. The van der Waals surface area contributed by atoms with Gasteiger partial charge in [-0.05, 0) is 55.3 Å². The zero-order chi connectivity index (χ0) is 15.9. The SMILES string of the molecule is COc1ccc(S(=O)(=O)N2c3cc(N)ccc3CC2C)cc1. The summed E-state index contributed by atoms with van der Waals surface area (Å²) in [5.74, 6) is 0.623. The highest BCUT2D eigenvalue weighted by molar-refractivity contribution is 7.92. The van der Waals surface area contributed by atoms with Gasteiger partial charge in [0.05, 0.1) is 17.7 Å². The van der Waals surface area contributed by atoms with Crippen molar-refractivity contribution in [2.45, 2.75) is 24.3 Å². The Morgan fingerprint density at radius 1 is 1.18 bits per heavy atom. The molecule has 0 amide bonds. The van der Waals surface area contributed by atoms with Gasteiger partial charge >= 0.3 is 0 Å². The summed E-state index contributed by atoms with van der Waals surface area (Å²) in [5.41, 5.74) is 8.05. The number of benzene rings is 2. The quantitative estimate of drug-likeness (QED) is 0.882. The van der Waals surface area contributed by atoms with Gasteiger partial charge in [-0.15, -0.1) is 0 Å². The lowest BCUT2D eigenvalue weighted by molar-refractivity contribution is 0.414. The molecule has 5 nitrogen and oxygen atoms in total. The number of hydrogen-bond donors (Lipinski definition) is 1. The number of methoxy groups -OCH3 is 1. The lowest BCUT2D eigenvalue weighted by atomic mass is 10.1.